The van der Waals surface area contributed by atoms with Crippen molar-refractivity contribution in [2.24, 2.45) is 0 Å². The number of ether oxygens (including phenoxy) is 1. The van der Waals surface area contributed by atoms with Gasteiger partial charge in [-0.25, -0.2) is 0 Å². The zero-order chi connectivity index (χ0) is 21.7. The molecule has 3 aromatic carbocycles. The molecule has 0 saturated carbocycles. The molecule has 30 heavy (non-hydrogen) atoms. The van der Waals surface area contributed by atoms with E-state index in [-0.39, 0.29) is 11.8 Å². The molecule has 0 radical (unpaired) electrons. The third-order valence-electron chi connectivity index (χ3n) is 4.26. The molecule has 0 aliphatic carbocycles. The van der Waals surface area contributed by atoms with Gasteiger partial charge in [-0.2, -0.15) is 0 Å². The number of carbonyl (C=O) groups excluding carboxylic acids is 2. The highest BCUT2D eigenvalue weighted by atomic mass is 35.5. The molecule has 0 bridgehead atoms. The van der Waals surface area contributed by atoms with E-state index < -0.39 is 6.10 Å². The van der Waals surface area contributed by atoms with Crippen LogP contribution in [-0.4, -0.2) is 17.9 Å². The molecule has 0 aliphatic rings. The van der Waals surface area contributed by atoms with Crippen molar-refractivity contribution in [3.8, 4) is 5.75 Å². The number of rotatable bonds is 6. The van der Waals surface area contributed by atoms with E-state index in [4.69, 9.17) is 27.9 Å². The van der Waals surface area contributed by atoms with Crippen molar-refractivity contribution < 1.29 is 14.3 Å². The first kappa shape index (κ1) is 21.7. The number of carbonyl (C=O) groups is 2. The van der Waals surface area contributed by atoms with E-state index in [1.54, 1.807) is 55.5 Å². The van der Waals surface area contributed by atoms with E-state index in [9.17, 15) is 9.59 Å². The molecule has 0 heterocycles. The van der Waals surface area contributed by atoms with Crippen LogP contribution in [0, 0.1) is 6.92 Å². The van der Waals surface area contributed by atoms with Gasteiger partial charge in [0.2, 0.25) is 0 Å². The molecule has 5 nitrogen and oxygen atoms in total. The third kappa shape index (κ3) is 5.75. The lowest BCUT2D eigenvalue weighted by Crippen LogP contribution is -2.30. The quantitative estimate of drug-likeness (QED) is 0.494. The Hall–Kier alpha value is -3.02. The Morgan fingerprint density at radius 3 is 2.20 bits per heavy atom. The van der Waals surface area contributed by atoms with Crippen LogP contribution in [0.3, 0.4) is 0 Å². The van der Waals surface area contributed by atoms with Gasteiger partial charge in [-0.3, -0.25) is 9.59 Å². The summed E-state index contributed by atoms with van der Waals surface area (Å²) in [4.78, 5) is 24.7. The molecule has 0 fully saturated rings. The van der Waals surface area contributed by atoms with E-state index >= 15 is 0 Å². The maximum absolute atomic E-state index is 12.4. The third-order valence-corrected chi connectivity index (χ3v) is 4.79. The molecule has 0 aliphatic heterocycles. The summed E-state index contributed by atoms with van der Waals surface area (Å²) in [6, 6.07) is 19.0. The summed E-state index contributed by atoms with van der Waals surface area (Å²) in [5.74, 6) is -0.159. The molecule has 1 unspecified atom stereocenters. The van der Waals surface area contributed by atoms with Crippen LogP contribution in [0.4, 0.5) is 11.4 Å². The molecule has 2 amide bonds. The second-order valence-electron chi connectivity index (χ2n) is 6.73. The van der Waals surface area contributed by atoms with Crippen molar-refractivity contribution in [3.63, 3.8) is 0 Å². The van der Waals surface area contributed by atoms with Crippen LogP contribution in [0.1, 0.15) is 22.8 Å². The number of benzene rings is 3. The van der Waals surface area contributed by atoms with Gasteiger partial charge in [0.1, 0.15) is 5.75 Å². The van der Waals surface area contributed by atoms with E-state index in [1.165, 1.54) is 0 Å². The number of aryl methyl sites for hydroxylation is 1. The first-order valence-corrected chi connectivity index (χ1v) is 9.98. The van der Waals surface area contributed by atoms with Crippen molar-refractivity contribution in [2.45, 2.75) is 20.0 Å². The summed E-state index contributed by atoms with van der Waals surface area (Å²) in [5.41, 5.74) is 2.79. The minimum Gasteiger partial charge on any atom is -0.479 e. The summed E-state index contributed by atoms with van der Waals surface area (Å²) in [7, 11) is 0. The van der Waals surface area contributed by atoms with Gasteiger partial charge in [0.15, 0.2) is 6.10 Å². The van der Waals surface area contributed by atoms with E-state index in [1.807, 2.05) is 25.1 Å². The number of amides is 2. The van der Waals surface area contributed by atoms with Crippen LogP contribution < -0.4 is 15.4 Å². The molecule has 1 atom stereocenters. The maximum atomic E-state index is 12.4. The number of halogens is 2. The Labute approximate surface area is 185 Å². The van der Waals surface area contributed by atoms with Crippen LogP contribution in [0.5, 0.6) is 5.75 Å². The minimum atomic E-state index is -0.774. The van der Waals surface area contributed by atoms with Gasteiger partial charge in [0.05, 0.1) is 5.02 Å². The van der Waals surface area contributed by atoms with Gasteiger partial charge in [0.25, 0.3) is 11.8 Å². The summed E-state index contributed by atoms with van der Waals surface area (Å²) < 4.78 is 5.61. The Balaban J connectivity index is 1.58. The molecule has 2 N–H and O–H groups in total. The lowest BCUT2D eigenvalue weighted by Gasteiger charge is -2.16. The van der Waals surface area contributed by atoms with Crippen molar-refractivity contribution in [2.75, 3.05) is 10.6 Å². The predicted octanol–water partition coefficient (Wildman–Crippen LogP) is 5.96. The number of anilines is 2. The van der Waals surface area contributed by atoms with Crippen LogP contribution >= 0.6 is 23.2 Å². The predicted molar refractivity (Wildman–Crippen MR) is 121 cm³/mol. The van der Waals surface area contributed by atoms with Gasteiger partial charge in [-0.1, -0.05) is 40.9 Å². The monoisotopic (exact) mass is 442 g/mol. The fourth-order valence-electron chi connectivity index (χ4n) is 2.69. The standard InChI is InChI=1S/C23H20Cl2N2O3/c1-14-4-3-5-16(12-14)23(29)27-19-9-7-18(8-10-19)26-22(28)15(2)30-21-11-6-17(24)13-20(21)25/h3-13,15H,1-2H3,(H,26,28)(H,27,29). The lowest BCUT2D eigenvalue weighted by atomic mass is 10.1. The Kier molecular flexibility index (Phi) is 6.98. The van der Waals surface area contributed by atoms with Crippen molar-refractivity contribution in [1.82, 2.24) is 0 Å². The number of hydrogen-bond donors (Lipinski definition) is 2. The van der Waals surface area contributed by atoms with E-state index in [0.29, 0.717) is 32.7 Å². The largest absolute Gasteiger partial charge is 0.479 e. The smallest absolute Gasteiger partial charge is 0.265 e. The molecule has 3 rings (SSSR count). The molecule has 0 saturated heterocycles. The van der Waals surface area contributed by atoms with Gasteiger partial charge in [-0.15, -0.1) is 0 Å². The lowest BCUT2D eigenvalue weighted by molar-refractivity contribution is -0.122. The summed E-state index contributed by atoms with van der Waals surface area (Å²) >= 11 is 11.9. The van der Waals surface area contributed by atoms with Crippen LogP contribution in [0.25, 0.3) is 0 Å². The van der Waals surface area contributed by atoms with Crippen LogP contribution in [0.15, 0.2) is 66.7 Å². The summed E-state index contributed by atoms with van der Waals surface area (Å²) in [6.07, 6.45) is -0.774. The van der Waals surface area contributed by atoms with Crippen LogP contribution in [-0.2, 0) is 4.79 Å². The Bertz CT molecular complexity index is 1070. The first-order chi connectivity index (χ1) is 14.3. The van der Waals surface area contributed by atoms with Gasteiger partial charge >= 0.3 is 0 Å². The second kappa shape index (κ2) is 9.65. The normalized spacial score (nSPS) is 11.5. The van der Waals surface area contributed by atoms with E-state index in [0.717, 1.165) is 5.56 Å². The average Bonchev–Trinajstić information content (AvgIpc) is 2.71. The fraction of sp³-hybridized carbons (Fsp3) is 0.130. The highest BCUT2D eigenvalue weighted by Crippen LogP contribution is 2.28. The number of nitrogens with one attached hydrogen (secondary N) is 2. The zero-order valence-electron chi connectivity index (χ0n) is 16.4. The molecule has 7 heteroatoms. The molecule has 0 aromatic heterocycles. The van der Waals surface area contributed by atoms with Crippen LogP contribution in [0.2, 0.25) is 10.0 Å². The molecular weight excluding hydrogens is 423 g/mol. The van der Waals surface area contributed by atoms with Gasteiger partial charge in [0, 0.05) is 22.0 Å². The summed E-state index contributed by atoms with van der Waals surface area (Å²) in [6.45, 7) is 3.55. The second-order valence-corrected chi connectivity index (χ2v) is 7.57. The Morgan fingerprint density at radius 2 is 1.57 bits per heavy atom. The van der Waals surface area contributed by atoms with Gasteiger partial charge < -0.3 is 15.4 Å². The highest BCUT2D eigenvalue weighted by molar-refractivity contribution is 6.35. The maximum Gasteiger partial charge on any atom is 0.265 e. The SMILES string of the molecule is Cc1cccc(C(=O)Nc2ccc(NC(=O)C(C)Oc3ccc(Cl)cc3Cl)cc2)c1. The number of hydrogen-bond acceptors (Lipinski definition) is 3. The first-order valence-electron chi connectivity index (χ1n) is 9.22. The Morgan fingerprint density at radius 1 is 0.900 bits per heavy atom. The molecule has 0 spiro atoms. The minimum absolute atomic E-state index is 0.197. The molecule has 154 valence electrons. The topological polar surface area (TPSA) is 67.4 Å². The average molecular weight is 443 g/mol. The fourth-order valence-corrected chi connectivity index (χ4v) is 3.14. The molecular formula is C23H20Cl2N2O3. The van der Waals surface area contributed by atoms with Crippen molar-refractivity contribution in [1.29, 1.82) is 0 Å². The van der Waals surface area contributed by atoms with Crippen molar-refractivity contribution in [3.05, 3.63) is 87.9 Å². The zero-order valence-corrected chi connectivity index (χ0v) is 17.9. The highest BCUT2D eigenvalue weighted by Gasteiger charge is 2.16. The summed E-state index contributed by atoms with van der Waals surface area (Å²) in [5, 5.41) is 6.41. The molecule has 3 aromatic rings. The van der Waals surface area contributed by atoms with E-state index in [2.05, 4.69) is 10.6 Å². The van der Waals surface area contributed by atoms with Gasteiger partial charge in [-0.05, 0) is 68.4 Å². The van der Waals surface area contributed by atoms with Crippen molar-refractivity contribution >= 4 is 46.4 Å².